The number of hydrogen-bond acceptors (Lipinski definition) is 5. The van der Waals surface area contributed by atoms with Gasteiger partial charge in [-0.2, -0.15) is 5.10 Å². The van der Waals surface area contributed by atoms with E-state index in [2.05, 4.69) is 15.7 Å². The Balaban J connectivity index is 1.96. The molecule has 0 unspecified atom stereocenters. The molecule has 0 fully saturated rings. The predicted molar refractivity (Wildman–Crippen MR) is 96.4 cm³/mol. The van der Waals surface area contributed by atoms with Gasteiger partial charge in [-0.25, -0.2) is 17.5 Å². The Morgan fingerprint density at radius 2 is 1.89 bits per heavy atom. The second-order valence-electron chi connectivity index (χ2n) is 6.43. The molecule has 1 aromatic carbocycles. The van der Waals surface area contributed by atoms with Gasteiger partial charge in [-0.1, -0.05) is 6.92 Å². The summed E-state index contributed by atoms with van der Waals surface area (Å²) in [7, 11) is -3.36. The first-order valence-electron chi connectivity index (χ1n) is 8.39. The number of halogens is 1. The lowest BCUT2D eigenvalue weighted by Gasteiger charge is -2.13. The number of carbonyl (C=O) groups excluding carboxylic acids is 2. The number of sulfone groups is 1. The third-order valence-corrected chi connectivity index (χ3v) is 5.73. The van der Waals surface area contributed by atoms with Gasteiger partial charge in [0, 0.05) is 11.6 Å². The van der Waals surface area contributed by atoms with Crippen LogP contribution in [0.3, 0.4) is 0 Å². The van der Waals surface area contributed by atoms with Gasteiger partial charge < -0.3 is 10.6 Å². The van der Waals surface area contributed by atoms with Crippen molar-refractivity contribution in [3.8, 4) is 5.69 Å². The van der Waals surface area contributed by atoms with Crippen LogP contribution in [0.4, 0.5) is 10.2 Å². The van der Waals surface area contributed by atoms with E-state index in [0.29, 0.717) is 23.4 Å². The zero-order valence-electron chi connectivity index (χ0n) is 14.8. The van der Waals surface area contributed by atoms with Gasteiger partial charge in [0.15, 0.2) is 9.84 Å². The Morgan fingerprint density at radius 3 is 2.52 bits per heavy atom. The van der Waals surface area contributed by atoms with E-state index in [9.17, 15) is 22.4 Å². The van der Waals surface area contributed by atoms with Gasteiger partial charge in [-0.3, -0.25) is 9.59 Å². The number of nitrogens with zero attached hydrogens (tertiary/aromatic N) is 2. The molecule has 10 heteroatoms. The molecule has 8 nitrogen and oxygen atoms in total. The van der Waals surface area contributed by atoms with Crippen LogP contribution in [-0.4, -0.2) is 36.1 Å². The van der Waals surface area contributed by atoms with Gasteiger partial charge in [0.2, 0.25) is 0 Å². The largest absolute Gasteiger partial charge is 0.345 e. The van der Waals surface area contributed by atoms with Crippen LogP contribution < -0.4 is 10.6 Å². The maximum Gasteiger partial charge on any atom is 0.314 e. The van der Waals surface area contributed by atoms with Gasteiger partial charge in [-0.05, 0) is 37.6 Å². The molecule has 0 aliphatic carbocycles. The number of rotatable bonds is 4. The number of hydrogen-bond donors (Lipinski definition) is 2. The number of fused-ring (bicyclic) bond motifs is 1. The van der Waals surface area contributed by atoms with Crippen molar-refractivity contribution in [3.05, 3.63) is 41.3 Å². The van der Waals surface area contributed by atoms with Crippen molar-refractivity contribution in [2.24, 2.45) is 0 Å². The molecule has 2 heterocycles. The highest BCUT2D eigenvalue weighted by Gasteiger charge is 2.34. The Hall–Kier alpha value is -2.75. The molecule has 2 N–H and O–H groups in total. The Bertz CT molecular complexity index is 999. The summed E-state index contributed by atoms with van der Waals surface area (Å²) in [5, 5.41) is 9.25. The summed E-state index contributed by atoms with van der Waals surface area (Å²) in [6.07, 6.45) is 0.653. The average Bonchev–Trinajstić information content (AvgIpc) is 3.08. The van der Waals surface area contributed by atoms with Gasteiger partial charge in [0.25, 0.3) is 0 Å². The fourth-order valence-corrected chi connectivity index (χ4v) is 4.19. The molecule has 2 aromatic rings. The molecule has 0 saturated heterocycles. The second-order valence-corrected chi connectivity index (χ2v) is 8.50. The van der Waals surface area contributed by atoms with Crippen molar-refractivity contribution in [2.75, 3.05) is 5.32 Å². The van der Waals surface area contributed by atoms with Crippen LogP contribution in [-0.2, 0) is 30.9 Å². The van der Waals surface area contributed by atoms with Gasteiger partial charge in [0.1, 0.15) is 11.6 Å². The monoisotopic (exact) mass is 394 g/mol. The fourth-order valence-electron chi connectivity index (χ4n) is 2.70. The summed E-state index contributed by atoms with van der Waals surface area (Å²) in [6.45, 7) is 3.63. The molecule has 2 amide bonds. The van der Waals surface area contributed by atoms with E-state index < -0.39 is 27.5 Å². The van der Waals surface area contributed by atoms with Crippen LogP contribution in [0.5, 0.6) is 0 Å². The molecule has 1 aromatic heterocycles. The Morgan fingerprint density at radius 1 is 1.22 bits per heavy atom. The van der Waals surface area contributed by atoms with E-state index in [1.165, 1.54) is 28.9 Å². The van der Waals surface area contributed by atoms with Gasteiger partial charge >= 0.3 is 11.8 Å². The number of anilines is 1. The first-order valence-corrected chi connectivity index (χ1v) is 10.2. The number of benzene rings is 1. The van der Waals surface area contributed by atoms with Crippen molar-refractivity contribution < 1.29 is 22.4 Å². The van der Waals surface area contributed by atoms with Crippen molar-refractivity contribution in [1.29, 1.82) is 0 Å². The zero-order chi connectivity index (χ0) is 19.8. The molecule has 1 aliphatic rings. The first kappa shape index (κ1) is 19.0. The van der Waals surface area contributed by atoms with Crippen molar-refractivity contribution in [3.63, 3.8) is 0 Å². The minimum atomic E-state index is -3.36. The predicted octanol–water partition coefficient (Wildman–Crippen LogP) is 1.29. The van der Waals surface area contributed by atoms with Crippen LogP contribution >= 0.6 is 0 Å². The highest BCUT2D eigenvalue weighted by atomic mass is 32.2. The van der Waals surface area contributed by atoms with Crippen molar-refractivity contribution in [1.82, 2.24) is 15.1 Å². The molecule has 3 rings (SSSR count). The van der Waals surface area contributed by atoms with E-state index in [-0.39, 0.29) is 23.4 Å². The van der Waals surface area contributed by atoms with Crippen LogP contribution in [0, 0.1) is 5.82 Å². The number of amides is 2. The zero-order valence-corrected chi connectivity index (χ0v) is 15.6. The summed E-state index contributed by atoms with van der Waals surface area (Å²) in [5.41, 5.74) is 1.07. The van der Waals surface area contributed by atoms with E-state index in [1.54, 1.807) is 6.92 Å². The van der Waals surface area contributed by atoms with Crippen LogP contribution in [0.25, 0.3) is 5.69 Å². The quantitative estimate of drug-likeness (QED) is 0.760. The SMILES string of the molecule is CC[C@@H](C)NC(=O)C(=O)Nc1c2c(nn1-c1ccc(F)cc1)CS(=O)(=O)C2. The Kier molecular flexibility index (Phi) is 5.01. The average molecular weight is 394 g/mol. The summed E-state index contributed by atoms with van der Waals surface area (Å²) in [5.74, 6) is -2.64. The standard InChI is InChI=1S/C17H19FN4O4S/c1-3-10(2)19-16(23)17(24)20-15-13-8-27(25,26)9-14(13)21-22(15)12-6-4-11(18)5-7-12/h4-7,10H,3,8-9H2,1-2H3,(H,19,23)(H,20,24)/t10-/m1/s1. The molecular weight excluding hydrogens is 375 g/mol. The number of nitrogens with one attached hydrogen (secondary N) is 2. The van der Waals surface area contributed by atoms with Crippen molar-refractivity contribution in [2.45, 2.75) is 37.8 Å². The number of aromatic nitrogens is 2. The van der Waals surface area contributed by atoms with Crippen LogP contribution in [0.1, 0.15) is 31.5 Å². The molecule has 0 radical (unpaired) electrons. The van der Waals surface area contributed by atoms with Crippen LogP contribution in [0.2, 0.25) is 0 Å². The molecule has 1 atom stereocenters. The van der Waals surface area contributed by atoms with E-state index in [0.717, 1.165) is 0 Å². The third kappa shape index (κ3) is 4.00. The molecule has 27 heavy (non-hydrogen) atoms. The lowest BCUT2D eigenvalue weighted by atomic mass is 10.2. The number of carbonyl (C=O) groups is 2. The summed E-state index contributed by atoms with van der Waals surface area (Å²) in [6, 6.07) is 5.15. The molecular formula is C17H19FN4O4S. The molecule has 144 valence electrons. The smallest absolute Gasteiger partial charge is 0.314 e. The first-order chi connectivity index (χ1) is 12.7. The maximum atomic E-state index is 13.2. The highest BCUT2D eigenvalue weighted by molar-refractivity contribution is 7.90. The van der Waals surface area contributed by atoms with Gasteiger partial charge in [0.05, 0.1) is 22.9 Å². The van der Waals surface area contributed by atoms with E-state index >= 15 is 0 Å². The molecule has 1 aliphatic heterocycles. The minimum Gasteiger partial charge on any atom is -0.345 e. The van der Waals surface area contributed by atoms with Gasteiger partial charge in [-0.15, -0.1) is 0 Å². The highest BCUT2D eigenvalue weighted by Crippen LogP contribution is 2.32. The lowest BCUT2D eigenvalue weighted by Crippen LogP contribution is -2.40. The normalized spacial score (nSPS) is 15.8. The second kappa shape index (κ2) is 7.10. The van der Waals surface area contributed by atoms with E-state index in [4.69, 9.17) is 0 Å². The van der Waals surface area contributed by atoms with E-state index in [1.807, 2.05) is 6.92 Å². The Labute approximate surface area is 155 Å². The fraction of sp³-hybridized carbons (Fsp3) is 0.353. The van der Waals surface area contributed by atoms with Crippen LogP contribution in [0.15, 0.2) is 24.3 Å². The minimum absolute atomic E-state index is 0.0991. The summed E-state index contributed by atoms with van der Waals surface area (Å²) in [4.78, 5) is 24.3. The lowest BCUT2D eigenvalue weighted by molar-refractivity contribution is -0.136. The molecule has 0 saturated carbocycles. The third-order valence-electron chi connectivity index (χ3n) is 4.29. The molecule has 0 spiro atoms. The summed E-state index contributed by atoms with van der Waals surface area (Å²) < 4.78 is 38.3. The molecule has 0 bridgehead atoms. The topological polar surface area (TPSA) is 110 Å². The summed E-state index contributed by atoms with van der Waals surface area (Å²) >= 11 is 0. The maximum absolute atomic E-state index is 13.2. The van der Waals surface area contributed by atoms with Crippen molar-refractivity contribution >= 4 is 27.5 Å².